The second kappa shape index (κ2) is 3.29. The Labute approximate surface area is 59.7 Å². The van der Waals surface area contributed by atoms with Crippen LogP contribution in [-0.4, -0.2) is 17.1 Å². The lowest BCUT2D eigenvalue weighted by molar-refractivity contribution is 0.144. The first-order valence-electron chi connectivity index (χ1n) is 3.11. The molecule has 1 atom stereocenters. The van der Waals surface area contributed by atoms with Gasteiger partial charge in [-0.1, -0.05) is 6.07 Å². The van der Waals surface area contributed by atoms with Gasteiger partial charge in [0.1, 0.15) is 6.23 Å². The molecule has 0 aromatic carbocycles. The van der Waals surface area contributed by atoms with Crippen molar-refractivity contribution < 1.29 is 5.11 Å². The van der Waals surface area contributed by atoms with Crippen LogP contribution < -0.4 is 5.32 Å². The molecule has 1 rings (SSSR count). The average molecular weight is 138 g/mol. The van der Waals surface area contributed by atoms with Crippen LogP contribution in [0.25, 0.3) is 0 Å². The summed E-state index contributed by atoms with van der Waals surface area (Å²) in [7, 11) is 1.68. The predicted octanol–water partition coefficient (Wildman–Crippen LogP) is 0.292. The number of nitrogens with zero attached hydrogens (tertiary/aromatic N) is 1. The maximum absolute atomic E-state index is 9.16. The topological polar surface area (TPSA) is 45.1 Å². The highest BCUT2D eigenvalue weighted by Gasteiger charge is 2.01. The molecule has 0 fully saturated rings. The van der Waals surface area contributed by atoms with Gasteiger partial charge in [0.15, 0.2) is 0 Å². The number of rotatable bonds is 2. The van der Waals surface area contributed by atoms with Crippen LogP contribution in [0, 0.1) is 0 Å². The van der Waals surface area contributed by atoms with Gasteiger partial charge in [0.2, 0.25) is 0 Å². The molecule has 0 aliphatic rings. The molecule has 1 aromatic rings. The Kier molecular flexibility index (Phi) is 2.36. The zero-order valence-corrected chi connectivity index (χ0v) is 5.78. The Morgan fingerprint density at radius 2 is 2.40 bits per heavy atom. The molecule has 0 radical (unpaired) electrons. The van der Waals surface area contributed by atoms with E-state index in [-0.39, 0.29) is 0 Å². The fourth-order valence-electron chi connectivity index (χ4n) is 0.686. The Morgan fingerprint density at radius 1 is 1.60 bits per heavy atom. The van der Waals surface area contributed by atoms with E-state index in [1.807, 2.05) is 12.1 Å². The molecule has 0 amide bonds. The summed E-state index contributed by atoms with van der Waals surface area (Å²) in [5, 5.41) is 11.8. The maximum Gasteiger partial charge on any atom is 0.147 e. The SMILES string of the molecule is CNC(O)c1ccccn1. The van der Waals surface area contributed by atoms with Crippen LogP contribution in [0.2, 0.25) is 0 Å². The van der Waals surface area contributed by atoms with Crippen molar-refractivity contribution in [1.29, 1.82) is 0 Å². The van der Waals surface area contributed by atoms with Crippen LogP contribution in [0.15, 0.2) is 24.4 Å². The molecule has 54 valence electrons. The van der Waals surface area contributed by atoms with E-state index in [1.54, 1.807) is 19.3 Å². The monoisotopic (exact) mass is 138 g/mol. The molecule has 0 saturated heterocycles. The first kappa shape index (κ1) is 7.18. The van der Waals surface area contributed by atoms with Crippen molar-refractivity contribution >= 4 is 0 Å². The largest absolute Gasteiger partial charge is 0.373 e. The van der Waals surface area contributed by atoms with E-state index < -0.39 is 6.23 Å². The summed E-state index contributed by atoms with van der Waals surface area (Å²) in [4.78, 5) is 3.94. The molecular formula is C7H10N2O. The van der Waals surface area contributed by atoms with Crippen LogP contribution in [0.1, 0.15) is 11.9 Å². The lowest BCUT2D eigenvalue weighted by Gasteiger charge is -2.06. The molecule has 1 aromatic heterocycles. The van der Waals surface area contributed by atoms with Crippen molar-refractivity contribution in [2.24, 2.45) is 0 Å². The van der Waals surface area contributed by atoms with Gasteiger partial charge in [0.05, 0.1) is 5.69 Å². The summed E-state index contributed by atoms with van der Waals surface area (Å²) >= 11 is 0. The second-order valence-corrected chi connectivity index (χ2v) is 1.95. The maximum atomic E-state index is 9.16. The third-order valence-electron chi connectivity index (χ3n) is 1.24. The highest BCUT2D eigenvalue weighted by atomic mass is 16.3. The smallest absolute Gasteiger partial charge is 0.147 e. The van der Waals surface area contributed by atoms with Crippen LogP contribution in [0.4, 0.5) is 0 Å². The van der Waals surface area contributed by atoms with Crippen molar-refractivity contribution in [2.75, 3.05) is 7.05 Å². The number of aliphatic hydroxyl groups excluding tert-OH is 1. The van der Waals surface area contributed by atoms with Gasteiger partial charge >= 0.3 is 0 Å². The van der Waals surface area contributed by atoms with Gasteiger partial charge in [-0.05, 0) is 19.2 Å². The van der Waals surface area contributed by atoms with Crippen LogP contribution >= 0.6 is 0 Å². The Hall–Kier alpha value is -0.930. The van der Waals surface area contributed by atoms with E-state index in [2.05, 4.69) is 10.3 Å². The van der Waals surface area contributed by atoms with Gasteiger partial charge in [-0.25, -0.2) is 0 Å². The van der Waals surface area contributed by atoms with E-state index >= 15 is 0 Å². The normalized spacial score (nSPS) is 13.0. The Bertz CT molecular complexity index is 188. The Balaban J connectivity index is 2.75. The average Bonchev–Trinajstić information content (AvgIpc) is 2.05. The van der Waals surface area contributed by atoms with E-state index in [0.717, 1.165) is 0 Å². The Morgan fingerprint density at radius 3 is 2.90 bits per heavy atom. The number of hydrogen-bond acceptors (Lipinski definition) is 3. The fourth-order valence-corrected chi connectivity index (χ4v) is 0.686. The summed E-state index contributed by atoms with van der Waals surface area (Å²) in [5.74, 6) is 0. The number of aliphatic hydroxyl groups is 1. The molecule has 0 aliphatic heterocycles. The molecular weight excluding hydrogens is 128 g/mol. The third kappa shape index (κ3) is 1.52. The minimum absolute atomic E-state index is 0.644. The lowest BCUT2D eigenvalue weighted by Crippen LogP contribution is -2.16. The van der Waals surface area contributed by atoms with Gasteiger partial charge in [-0.15, -0.1) is 0 Å². The highest BCUT2D eigenvalue weighted by Crippen LogP contribution is 2.02. The minimum Gasteiger partial charge on any atom is -0.373 e. The third-order valence-corrected chi connectivity index (χ3v) is 1.24. The molecule has 3 nitrogen and oxygen atoms in total. The summed E-state index contributed by atoms with van der Waals surface area (Å²) in [5.41, 5.74) is 0.644. The number of hydrogen-bond donors (Lipinski definition) is 2. The molecule has 0 bridgehead atoms. The van der Waals surface area contributed by atoms with Gasteiger partial charge in [0.25, 0.3) is 0 Å². The standard InChI is InChI=1S/C7H10N2O/c1-8-7(10)6-4-2-3-5-9-6/h2-5,7-8,10H,1H3. The molecule has 0 spiro atoms. The van der Waals surface area contributed by atoms with E-state index in [1.165, 1.54) is 0 Å². The molecule has 0 saturated carbocycles. The summed E-state index contributed by atoms with van der Waals surface area (Å²) in [6.45, 7) is 0. The summed E-state index contributed by atoms with van der Waals surface area (Å²) < 4.78 is 0. The zero-order chi connectivity index (χ0) is 7.40. The molecule has 1 unspecified atom stereocenters. The quantitative estimate of drug-likeness (QED) is 0.577. The van der Waals surface area contributed by atoms with Crippen molar-refractivity contribution in [1.82, 2.24) is 10.3 Å². The number of nitrogens with one attached hydrogen (secondary N) is 1. The fraction of sp³-hybridized carbons (Fsp3) is 0.286. The first-order chi connectivity index (χ1) is 4.84. The minimum atomic E-state index is -0.652. The van der Waals surface area contributed by atoms with Crippen molar-refractivity contribution in [3.8, 4) is 0 Å². The second-order valence-electron chi connectivity index (χ2n) is 1.95. The molecule has 10 heavy (non-hydrogen) atoms. The highest BCUT2D eigenvalue weighted by molar-refractivity contribution is 5.05. The number of aromatic nitrogens is 1. The van der Waals surface area contributed by atoms with Crippen LogP contribution in [-0.2, 0) is 0 Å². The lowest BCUT2D eigenvalue weighted by atomic mass is 10.3. The molecule has 0 aliphatic carbocycles. The summed E-state index contributed by atoms with van der Waals surface area (Å²) in [6, 6.07) is 5.41. The van der Waals surface area contributed by atoms with Crippen LogP contribution in [0.3, 0.4) is 0 Å². The van der Waals surface area contributed by atoms with Crippen LogP contribution in [0.5, 0.6) is 0 Å². The molecule has 1 heterocycles. The van der Waals surface area contributed by atoms with Gasteiger partial charge in [-0.2, -0.15) is 0 Å². The number of pyridine rings is 1. The predicted molar refractivity (Wildman–Crippen MR) is 38.3 cm³/mol. The molecule has 3 heteroatoms. The summed E-state index contributed by atoms with van der Waals surface area (Å²) in [6.07, 6.45) is 0.997. The van der Waals surface area contributed by atoms with E-state index in [0.29, 0.717) is 5.69 Å². The van der Waals surface area contributed by atoms with E-state index in [9.17, 15) is 0 Å². The van der Waals surface area contributed by atoms with E-state index in [4.69, 9.17) is 5.11 Å². The van der Waals surface area contributed by atoms with Crippen molar-refractivity contribution in [3.05, 3.63) is 30.1 Å². The van der Waals surface area contributed by atoms with Crippen molar-refractivity contribution in [3.63, 3.8) is 0 Å². The van der Waals surface area contributed by atoms with Gasteiger partial charge < -0.3 is 5.11 Å². The van der Waals surface area contributed by atoms with Gasteiger partial charge in [0, 0.05) is 6.20 Å². The first-order valence-corrected chi connectivity index (χ1v) is 3.11. The molecule has 2 N–H and O–H groups in total. The zero-order valence-electron chi connectivity index (χ0n) is 5.78. The van der Waals surface area contributed by atoms with Gasteiger partial charge in [-0.3, -0.25) is 10.3 Å². The van der Waals surface area contributed by atoms with Crippen molar-refractivity contribution in [2.45, 2.75) is 6.23 Å².